The molecule has 1 unspecified atom stereocenters. The van der Waals surface area contributed by atoms with Gasteiger partial charge in [0.2, 0.25) is 0 Å². The lowest BCUT2D eigenvalue weighted by atomic mass is 9.86. The van der Waals surface area contributed by atoms with Crippen LogP contribution in [0.15, 0.2) is 46.8 Å². The maximum atomic E-state index is 12.0. The van der Waals surface area contributed by atoms with Crippen molar-refractivity contribution in [2.75, 3.05) is 20.1 Å². The van der Waals surface area contributed by atoms with E-state index in [-0.39, 0.29) is 41.5 Å². The molecule has 1 saturated carbocycles. The molecular weight excluding hydrogens is 523 g/mol. The number of ether oxygens (including phenoxy) is 1. The molecule has 2 aliphatic rings. The van der Waals surface area contributed by atoms with Crippen LogP contribution < -0.4 is 20.7 Å². The molecule has 1 atom stereocenters. The lowest BCUT2D eigenvalue weighted by molar-refractivity contribution is 0.0396. The second kappa shape index (κ2) is 11.2. The molecule has 1 aromatic carbocycles. The maximum Gasteiger partial charge on any atom is 0.261 e. The first-order valence-electron chi connectivity index (χ1n) is 10.8. The molecule has 31 heavy (non-hydrogen) atoms. The normalized spacial score (nSPS) is 19.1. The SMILES string of the molecule is CN=C(NCCCNC(=O)c1cccs1)NC1CC2(CCCC2)Oc2ccccc21.I. The molecule has 168 valence electrons. The Bertz CT molecular complexity index is 881. The summed E-state index contributed by atoms with van der Waals surface area (Å²) in [7, 11) is 1.80. The highest BCUT2D eigenvalue weighted by molar-refractivity contribution is 14.0. The van der Waals surface area contributed by atoms with E-state index in [1.165, 1.54) is 29.7 Å². The van der Waals surface area contributed by atoms with Crippen molar-refractivity contribution in [1.29, 1.82) is 0 Å². The highest BCUT2D eigenvalue weighted by atomic mass is 127. The number of nitrogens with zero attached hydrogens (tertiary/aromatic N) is 1. The van der Waals surface area contributed by atoms with Crippen LogP contribution in [0.25, 0.3) is 0 Å². The topological polar surface area (TPSA) is 74.8 Å². The van der Waals surface area contributed by atoms with Gasteiger partial charge in [0.15, 0.2) is 5.96 Å². The smallest absolute Gasteiger partial charge is 0.261 e. The number of carbonyl (C=O) groups is 1. The lowest BCUT2D eigenvalue weighted by Gasteiger charge is -2.40. The van der Waals surface area contributed by atoms with Gasteiger partial charge in [-0.05, 0) is 49.6 Å². The second-order valence-corrected chi connectivity index (χ2v) is 8.96. The Balaban J connectivity index is 0.00000272. The minimum absolute atomic E-state index is 0. The molecule has 0 saturated heterocycles. The van der Waals surface area contributed by atoms with Gasteiger partial charge in [-0.25, -0.2) is 0 Å². The van der Waals surface area contributed by atoms with Crippen molar-refractivity contribution < 1.29 is 9.53 Å². The standard InChI is InChI=1S/C23H30N4O2S.HI/c1-24-22(26-14-7-13-25-21(28)20-10-6-15-30-20)27-18-16-23(11-4-5-12-23)29-19-9-3-2-8-17(18)19;/h2-3,6,8-10,15,18H,4-5,7,11-14,16H2,1H3,(H,25,28)(H2,24,26,27);1H. The molecule has 4 rings (SSSR count). The van der Waals surface area contributed by atoms with E-state index in [1.807, 2.05) is 23.6 Å². The van der Waals surface area contributed by atoms with Gasteiger partial charge in [-0.1, -0.05) is 24.3 Å². The van der Waals surface area contributed by atoms with Crippen molar-refractivity contribution in [2.45, 2.75) is 50.2 Å². The molecule has 0 bridgehead atoms. The van der Waals surface area contributed by atoms with Gasteiger partial charge in [-0.15, -0.1) is 35.3 Å². The van der Waals surface area contributed by atoms with Crippen LogP contribution in [-0.4, -0.2) is 37.6 Å². The van der Waals surface area contributed by atoms with E-state index >= 15 is 0 Å². The van der Waals surface area contributed by atoms with Gasteiger partial charge in [-0.2, -0.15) is 0 Å². The molecule has 1 amide bonds. The van der Waals surface area contributed by atoms with E-state index in [0.717, 1.165) is 48.8 Å². The number of benzene rings is 1. The van der Waals surface area contributed by atoms with E-state index in [2.05, 4.69) is 39.1 Å². The minimum Gasteiger partial charge on any atom is -0.487 e. The van der Waals surface area contributed by atoms with Gasteiger partial charge >= 0.3 is 0 Å². The van der Waals surface area contributed by atoms with Gasteiger partial charge in [-0.3, -0.25) is 9.79 Å². The highest BCUT2D eigenvalue weighted by Gasteiger charge is 2.43. The van der Waals surface area contributed by atoms with Crippen LogP contribution in [0, 0.1) is 0 Å². The number of guanidine groups is 1. The molecule has 1 aliphatic carbocycles. The molecular formula is C23H31IN4O2S. The third-order valence-electron chi connectivity index (χ3n) is 5.92. The van der Waals surface area contributed by atoms with Crippen molar-refractivity contribution >= 4 is 47.2 Å². The zero-order valence-electron chi connectivity index (χ0n) is 17.9. The Morgan fingerprint density at radius 2 is 1.94 bits per heavy atom. The summed E-state index contributed by atoms with van der Waals surface area (Å²) in [5.41, 5.74) is 1.15. The number of rotatable bonds is 6. The quantitative estimate of drug-likeness (QED) is 0.213. The van der Waals surface area contributed by atoms with E-state index in [4.69, 9.17) is 4.74 Å². The predicted octanol–water partition coefficient (Wildman–Crippen LogP) is 4.49. The van der Waals surface area contributed by atoms with E-state index in [0.29, 0.717) is 6.54 Å². The Hall–Kier alpha value is -1.81. The first-order chi connectivity index (χ1) is 14.7. The van der Waals surface area contributed by atoms with Crippen molar-refractivity contribution in [2.24, 2.45) is 4.99 Å². The number of amides is 1. The summed E-state index contributed by atoms with van der Waals surface area (Å²) >= 11 is 1.46. The van der Waals surface area contributed by atoms with E-state index < -0.39 is 0 Å². The first kappa shape index (κ1) is 23.8. The fraction of sp³-hybridized carbons (Fsp3) is 0.478. The number of hydrogen-bond donors (Lipinski definition) is 3. The highest BCUT2D eigenvalue weighted by Crippen LogP contribution is 2.46. The van der Waals surface area contributed by atoms with Crippen molar-refractivity contribution in [1.82, 2.24) is 16.0 Å². The molecule has 0 radical (unpaired) electrons. The number of para-hydroxylation sites is 1. The average Bonchev–Trinajstić information content (AvgIpc) is 3.45. The third kappa shape index (κ3) is 5.91. The monoisotopic (exact) mass is 554 g/mol. The van der Waals surface area contributed by atoms with Crippen molar-refractivity contribution in [3.8, 4) is 5.75 Å². The van der Waals surface area contributed by atoms with Gasteiger partial charge in [0.05, 0.1) is 10.9 Å². The summed E-state index contributed by atoms with van der Waals surface area (Å²) in [5.74, 6) is 1.78. The largest absolute Gasteiger partial charge is 0.487 e. The van der Waals surface area contributed by atoms with Crippen LogP contribution in [0.2, 0.25) is 0 Å². The summed E-state index contributed by atoms with van der Waals surface area (Å²) in [6.45, 7) is 1.37. The fourth-order valence-electron chi connectivity index (χ4n) is 4.42. The number of hydrogen-bond acceptors (Lipinski definition) is 4. The second-order valence-electron chi connectivity index (χ2n) is 8.02. The molecule has 2 aromatic rings. The molecule has 8 heteroatoms. The summed E-state index contributed by atoms with van der Waals surface area (Å²) in [6.07, 6.45) is 6.50. The predicted molar refractivity (Wildman–Crippen MR) is 137 cm³/mol. The van der Waals surface area contributed by atoms with Crippen LogP contribution in [0.4, 0.5) is 0 Å². The van der Waals surface area contributed by atoms with Crippen LogP contribution in [0.5, 0.6) is 5.75 Å². The molecule has 1 spiro atoms. The first-order valence-corrected chi connectivity index (χ1v) is 11.6. The number of carbonyl (C=O) groups excluding carboxylic acids is 1. The Morgan fingerprint density at radius 3 is 2.68 bits per heavy atom. The number of fused-ring (bicyclic) bond motifs is 1. The van der Waals surface area contributed by atoms with Crippen LogP contribution >= 0.6 is 35.3 Å². The van der Waals surface area contributed by atoms with Crippen LogP contribution in [-0.2, 0) is 0 Å². The number of nitrogens with one attached hydrogen (secondary N) is 3. The Morgan fingerprint density at radius 1 is 1.16 bits per heavy atom. The molecule has 1 aliphatic heterocycles. The summed E-state index contributed by atoms with van der Waals surface area (Å²) in [6, 6.07) is 12.2. The number of aliphatic imine (C=N–C) groups is 1. The Labute approximate surface area is 205 Å². The third-order valence-corrected chi connectivity index (χ3v) is 6.79. The Kier molecular flexibility index (Phi) is 8.59. The maximum absolute atomic E-state index is 12.0. The summed E-state index contributed by atoms with van der Waals surface area (Å²) < 4.78 is 6.45. The van der Waals surface area contributed by atoms with Crippen LogP contribution in [0.1, 0.15) is 59.8 Å². The zero-order valence-corrected chi connectivity index (χ0v) is 21.0. The van der Waals surface area contributed by atoms with Gasteiger partial charge in [0.1, 0.15) is 11.4 Å². The van der Waals surface area contributed by atoms with Crippen LogP contribution in [0.3, 0.4) is 0 Å². The summed E-state index contributed by atoms with van der Waals surface area (Å²) in [4.78, 5) is 17.2. The number of halogens is 1. The van der Waals surface area contributed by atoms with Crippen molar-refractivity contribution in [3.63, 3.8) is 0 Å². The zero-order chi connectivity index (χ0) is 20.8. The van der Waals surface area contributed by atoms with Crippen molar-refractivity contribution in [3.05, 3.63) is 52.2 Å². The van der Waals surface area contributed by atoms with E-state index in [9.17, 15) is 4.79 Å². The van der Waals surface area contributed by atoms with Gasteiger partial charge in [0.25, 0.3) is 5.91 Å². The summed E-state index contributed by atoms with van der Waals surface area (Å²) in [5, 5.41) is 11.9. The minimum atomic E-state index is -0.0447. The molecule has 1 fully saturated rings. The average molecular weight is 554 g/mol. The van der Waals surface area contributed by atoms with E-state index in [1.54, 1.807) is 7.05 Å². The molecule has 2 heterocycles. The lowest BCUT2D eigenvalue weighted by Crippen LogP contribution is -2.47. The molecule has 3 N–H and O–H groups in total. The van der Waals surface area contributed by atoms with Gasteiger partial charge < -0.3 is 20.7 Å². The fourth-order valence-corrected chi connectivity index (χ4v) is 5.06. The molecule has 6 nitrogen and oxygen atoms in total. The molecule has 1 aromatic heterocycles. The van der Waals surface area contributed by atoms with Gasteiger partial charge in [0, 0.05) is 32.1 Å². The number of thiophene rings is 1.